The highest BCUT2D eigenvalue weighted by Crippen LogP contribution is 2.34. The molecule has 0 aromatic carbocycles. The number of nitrogens with zero attached hydrogens (tertiary/aromatic N) is 2. The largest absolute Gasteiger partial charge is 0.264 e. The molecule has 2 heterocycles. The number of hydrogen-bond donors (Lipinski definition) is 0. The topological polar surface area (TPSA) is 25.8 Å². The molecule has 78 valence electrons. The lowest BCUT2D eigenvalue weighted by Gasteiger charge is -2.10. The maximum atomic E-state index is 6.16. The molecule has 0 atom stereocenters. The van der Waals surface area contributed by atoms with Crippen LogP contribution in [-0.2, 0) is 0 Å². The van der Waals surface area contributed by atoms with Gasteiger partial charge in [-0.25, -0.2) is 0 Å². The SMILES string of the molecule is CC(C)c1nc2ccncc2c(Cl)c1Cl. The second kappa shape index (κ2) is 3.95. The first-order valence-corrected chi connectivity index (χ1v) is 5.45. The summed E-state index contributed by atoms with van der Waals surface area (Å²) in [5.74, 6) is 0.257. The van der Waals surface area contributed by atoms with Crippen molar-refractivity contribution in [2.45, 2.75) is 19.8 Å². The van der Waals surface area contributed by atoms with Gasteiger partial charge in [-0.15, -0.1) is 0 Å². The predicted octanol–water partition coefficient (Wildman–Crippen LogP) is 4.06. The van der Waals surface area contributed by atoms with E-state index in [0.717, 1.165) is 16.6 Å². The van der Waals surface area contributed by atoms with E-state index in [0.29, 0.717) is 10.0 Å². The smallest absolute Gasteiger partial charge is 0.0817 e. The molecule has 0 aliphatic carbocycles. The van der Waals surface area contributed by atoms with Crippen LogP contribution in [0.2, 0.25) is 10.0 Å². The van der Waals surface area contributed by atoms with Crippen LogP contribution in [0.3, 0.4) is 0 Å². The normalized spacial score (nSPS) is 11.3. The molecule has 0 fully saturated rings. The zero-order valence-electron chi connectivity index (χ0n) is 8.46. The van der Waals surface area contributed by atoms with E-state index >= 15 is 0 Å². The molecular formula is C11H10Cl2N2. The summed E-state index contributed by atoms with van der Waals surface area (Å²) >= 11 is 12.3. The van der Waals surface area contributed by atoms with Crippen LogP contribution in [0.5, 0.6) is 0 Å². The fraction of sp³-hybridized carbons (Fsp3) is 0.273. The number of halogens is 2. The summed E-state index contributed by atoms with van der Waals surface area (Å²) in [6.07, 6.45) is 3.38. The third kappa shape index (κ3) is 1.80. The average molecular weight is 241 g/mol. The van der Waals surface area contributed by atoms with Crippen LogP contribution < -0.4 is 0 Å². The monoisotopic (exact) mass is 240 g/mol. The Labute approximate surface area is 98.3 Å². The summed E-state index contributed by atoms with van der Waals surface area (Å²) in [5, 5.41) is 1.87. The van der Waals surface area contributed by atoms with Crippen molar-refractivity contribution in [3.63, 3.8) is 0 Å². The number of hydrogen-bond acceptors (Lipinski definition) is 2. The van der Waals surface area contributed by atoms with E-state index in [1.807, 2.05) is 19.9 Å². The van der Waals surface area contributed by atoms with Crippen LogP contribution in [0.25, 0.3) is 10.9 Å². The van der Waals surface area contributed by atoms with Gasteiger partial charge in [-0.1, -0.05) is 37.0 Å². The van der Waals surface area contributed by atoms with E-state index in [2.05, 4.69) is 9.97 Å². The van der Waals surface area contributed by atoms with Gasteiger partial charge in [-0.3, -0.25) is 9.97 Å². The van der Waals surface area contributed by atoms with Gasteiger partial charge in [0.1, 0.15) is 0 Å². The third-order valence-electron chi connectivity index (χ3n) is 2.24. The molecule has 0 saturated heterocycles. The fourth-order valence-corrected chi connectivity index (χ4v) is 2.05. The molecule has 0 spiro atoms. The zero-order valence-corrected chi connectivity index (χ0v) is 9.97. The maximum Gasteiger partial charge on any atom is 0.0817 e. The van der Waals surface area contributed by atoms with Crippen molar-refractivity contribution >= 4 is 34.1 Å². The van der Waals surface area contributed by atoms with Crippen LogP contribution in [0.1, 0.15) is 25.5 Å². The van der Waals surface area contributed by atoms with E-state index in [1.165, 1.54) is 0 Å². The Morgan fingerprint density at radius 2 is 1.93 bits per heavy atom. The Morgan fingerprint density at radius 1 is 1.20 bits per heavy atom. The zero-order chi connectivity index (χ0) is 11.0. The van der Waals surface area contributed by atoms with Crippen molar-refractivity contribution in [2.75, 3.05) is 0 Å². The van der Waals surface area contributed by atoms with Gasteiger partial charge < -0.3 is 0 Å². The van der Waals surface area contributed by atoms with Crippen molar-refractivity contribution in [3.05, 3.63) is 34.2 Å². The van der Waals surface area contributed by atoms with Gasteiger partial charge in [0.15, 0.2) is 0 Å². The van der Waals surface area contributed by atoms with E-state index in [4.69, 9.17) is 23.2 Å². The van der Waals surface area contributed by atoms with Crippen LogP contribution >= 0.6 is 23.2 Å². The molecule has 0 amide bonds. The lowest BCUT2D eigenvalue weighted by atomic mass is 10.1. The summed E-state index contributed by atoms with van der Waals surface area (Å²) in [6.45, 7) is 4.08. The molecule has 2 rings (SSSR count). The lowest BCUT2D eigenvalue weighted by Crippen LogP contribution is -1.96. The van der Waals surface area contributed by atoms with Gasteiger partial charge in [0.25, 0.3) is 0 Å². The van der Waals surface area contributed by atoms with Crippen LogP contribution in [-0.4, -0.2) is 9.97 Å². The molecule has 0 aliphatic heterocycles. The second-order valence-electron chi connectivity index (χ2n) is 3.67. The molecule has 2 aromatic heterocycles. The van der Waals surface area contributed by atoms with E-state index in [-0.39, 0.29) is 5.92 Å². The van der Waals surface area contributed by atoms with Crippen LogP contribution in [0.15, 0.2) is 18.5 Å². The minimum Gasteiger partial charge on any atom is -0.264 e. The van der Waals surface area contributed by atoms with Gasteiger partial charge in [-0.2, -0.15) is 0 Å². The Hall–Kier alpha value is -0.860. The molecule has 2 aromatic rings. The Bertz CT molecular complexity index is 509. The fourth-order valence-electron chi connectivity index (χ4n) is 1.45. The Balaban J connectivity index is 2.82. The molecule has 0 bridgehead atoms. The molecule has 0 N–H and O–H groups in total. The number of fused-ring (bicyclic) bond motifs is 1. The van der Waals surface area contributed by atoms with Crippen molar-refractivity contribution in [2.24, 2.45) is 0 Å². The van der Waals surface area contributed by atoms with E-state index in [1.54, 1.807) is 12.4 Å². The lowest BCUT2D eigenvalue weighted by molar-refractivity contribution is 0.830. The number of rotatable bonds is 1. The third-order valence-corrected chi connectivity index (χ3v) is 3.11. The Kier molecular flexibility index (Phi) is 2.81. The van der Waals surface area contributed by atoms with Gasteiger partial charge in [0, 0.05) is 17.8 Å². The first-order chi connectivity index (χ1) is 7.11. The van der Waals surface area contributed by atoms with Crippen LogP contribution in [0, 0.1) is 0 Å². The summed E-state index contributed by atoms with van der Waals surface area (Å²) in [7, 11) is 0. The first kappa shape index (κ1) is 10.7. The predicted molar refractivity (Wildman–Crippen MR) is 63.6 cm³/mol. The summed E-state index contributed by atoms with van der Waals surface area (Å²) < 4.78 is 0. The maximum absolute atomic E-state index is 6.16. The highest BCUT2D eigenvalue weighted by Gasteiger charge is 2.13. The molecule has 4 heteroatoms. The number of aromatic nitrogens is 2. The first-order valence-electron chi connectivity index (χ1n) is 4.70. The van der Waals surface area contributed by atoms with Crippen molar-refractivity contribution in [3.8, 4) is 0 Å². The number of pyridine rings is 2. The van der Waals surface area contributed by atoms with Gasteiger partial charge in [-0.05, 0) is 12.0 Å². The van der Waals surface area contributed by atoms with Gasteiger partial charge in [0.2, 0.25) is 0 Å². The van der Waals surface area contributed by atoms with Crippen molar-refractivity contribution < 1.29 is 0 Å². The standard InChI is InChI=1S/C11H10Cl2N2/c1-6(2)11-10(13)9(12)7-5-14-4-3-8(7)15-11/h3-6H,1-2H3. The van der Waals surface area contributed by atoms with Crippen molar-refractivity contribution in [1.29, 1.82) is 0 Å². The minimum atomic E-state index is 0.257. The molecule has 15 heavy (non-hydrogen) atoms. The van der Waals surface area contributed by atoms with Gasteiger partial charge in [0.05, 0.1) is 21.3 Å². The molecule has 0 unspecified atom stereocenters. The highest BCUT2D eigenvalue weighted by molar-refractivity contribution is 6.45. The molecular weight excluding hydrogens is 231 g/mol. The quantitative estimate of drug-likeness (QED) is 0.752. The molecule has 0 radical (unpaired) electrons. The Morgan fingerprint density at radius 3 is 2.60 bits per heavy atom. The van der Waals surface area contributed by atoms with E-state index in [9.17, 15) is 0 Å². The molecule has 0 aliphatic rings. The second-order valence-corrected chi connectivity index (χ2v) is 4.43. The average Bonchev–Trinajstić information content (AvgIpc) is 2.23. The van der Waals surface area contributed by atoms with Crippen LogP contribution in [0.4, 0.5) is 0 Å². The van der Waals surface area contributed by atoms with Gasteiger partial charge >= 0.3 is 0 Å². The summed E-state index contributed by atoms with van der Waals surface area (Å²) in [4.78, 5) is 8.48. The van der Waals surface area contributed by atoms with Crippen molar-refractivity contribution in [1.82, 2.24) is 9.97 Å². The summed E-state index contributed by atoms with van der Waals surface area (Å²) in [5.41, 5.74) is 1.67. The van der Waals surface area contributed by atoms with E-state index < -0.39 is 0 Å². The molecule has 2 nitrogen and oxygen atoms in total. The highest BCUT2D eigenvalue weighted by atomic mass is 35.5. The molecule has 0 saturated carbocycles. The minimum absolute atomic E-state index is 0.257. The summed E-state index contributed by atoms with van der Waals surface area (Å²) in [6, 6.07) is 1.84.